The van der Waals surface area contributed by atoms with Crippen molar-refractivity contribution in [3.05, 3.63) is 53.7 Å². The lowest BCUT2D eigenvalue weighted by Crippen LogP contribution is -2.24. The van der Waals surface area contributed by atoms with Gasteiger partial charge in [0.1, 0.15) is 10.2 Å². The Balaban J connectivity index is 2.34. The van der Waals surface area contributed by atoms with E-state index < -0.39 is 0 Å². The molecule has 2 rings (SSSR count). The van der Waals surface area contributed by atoms with Crippen LogP contribution in [-0.4, -0.2) is 16.9 Å². The molecule has 0 radical (unpaired) electrons. The molecule has 19 heavy (non-hydrogen) atoms. The van der Waals surface area contributed by atoms with E-state index in [1.54, 1.807) is 13.3 Å². The second-order valence-corrected chi connectivity index (χ2v) is 6.24. The Hall–Kier alpha value is -0.660. The van der Waals surface area contributed by atoms with Crippen LogP contribution >= 0.6 is 47.8 Å². The van der Waals surface area contributed by atoms with E-state index in [1.807, 2.05) is 18.2 Å². The van der Waals surface area contributed by atoms with E-state index in [0.29, 0.717) is 15.5 Å². The summed E-state index contributed by atoms with van der Waals surface area (Å²) in [6, 6.07) is 5.65. The zero-order chi connectivity index (χ0) is 14.0. The molecule has 0 aliphatic heterocycles. The van der Waals surface area contributed by atoms with Crippen molar-refractivity contribution in [2.75, 3.05) is 7.11 Å². The summed E-state index contributed by atoms with van der Waals surface area (Å²) in [5, 5.41) is 4.09. The summed E-state index contributed by atoms with van der Waals surface area (Å²) in [6.45, 7) is 0.396. The minimum absolute atomic E-state index is 0.179. The van der Waals surface area contributed by atoms with Crippen molar-refractivity contribution < 1.29 is 4.74 Å². The Morgan fingerprint density at radius 1 is 1.26 bits per heavy atom. The van der Waals surface area contributed by atoms with E-state index in [2.05, 4.69) is 52.9 Å². The zero-order valence-electron chi connectivity index (χ0n) is 9.86. The lowest BCUT2D eigenvalue weighted by atomic mass is 10.2. The zero-order valence-corrected chi connectivity index (χ0v) is 14.6. The lowest BCUT2D eigenvalue weighted by Gasteiger charge is -2.08. The SMILES string of the molecule is COc1ccc(Cn2ncc(Br)c(Br)c2=O)cc1Br. The monoisotopic (exact) mass is 450 g/mol. The van der Waals surface area contributed by atoms with Crippen LogP contribution in [0.25, 0.3) is 0 Å². The number of benzene rings is 1. The van der Waals surface area contributed by atoms with Crippen LogP contribution in [0.3, 0.4) is 0 Å². The summed E-state index contributed by atoms with van der Waals surface area (Å²) in [6.07, 6.45) is 1.59. The van der Waals surface area contributed by atoms with Crippen molar-refractivity contribution in [3.63, 3.8) is 0 Å². The number of hydrogen-bond acceptors (Lipinski definition) is 3. The standard InChI is InChI=1S/C12H9Br3N2O2/c1-19-10-3-2-7(4-8(10)13)6-17-12(18)11(15)9(14)5-16-17/h2-5H,6H2,1H3. The molecule has 0 saturated heterocycles. The van der Waals surface area contributed by atoms with Gasteiger partial charge in [-0.25, -0.2) is 4.68 Å². The molecule has 2 aromatic rings. The Kier molecular flexibility index (Phi) is 4.81. The molecular formula is C12H9Br3N2O2. The molecular weight excluding hydrogens is 444 g/mol. The van der Waals surface area contributed by atoms with Crippen LogP contribution in [0.15, 0.2) is 42.6 Å². The molecule has 0 N–H and O–H groups in total. The Labute approximate surface area is 135 Å². The Bertz CT molecular complexity index is 671. The van der Waals surface area contributed by atoms with Crippen molar-refractivity contribution in [3.8, 4) is 5.75 Å². The first-order valence-corrected chi connectivity index (χ1v) is 7.64. The van der Waals surface area contributed by atoms with Crippen LogP contribution < -0.4 is 10.3 Å². The fourth-order valence-corrected chi connectivity index (χ4v) is 2.70. The van der Waals surface area contributed by atoms with Crippen LogP contribution in [0.2, 0.25) is 0 Å². The van der Waals surface area contributed by atoms with Crippen molar-refractivity contribution >= 4 is 47.8 Å². The first-order chi connectivity index (χ1) is 9.02. The van der Waals surface area contributed by atoms with Gasteiger partial charge in [-0.2, -0.15) is 5.10 Å². The molecule has 4 nitrogen and oxygen atoms in total. The smallest absolute Gasteiger partial charge is 0.282 e. The maximum Gasteiger partial charge on any atom is 0.282 e. The van der Waals surface area contributed by atoms with Gasteiger partial charge in [-0.3, -0.25) is 4.79 Å². The van der Waals surface area contributed by atoms with Gasteiger partial charge in [0, 0.05) is 0 Å². The predicted molar refractivity (Wildman–Crippen MR) is 83.7 cm³/mol. The maximum atomic E-state index is 12.0. The largest absolute Gasteiger partial charge is 0.496 e. The third-order valence-corrected chi connectivity index (χ3v) is 5.01. The molecule has 0 aliphatic carbocycles. The molecule has 1 aromatic carbocycles. The number of aromatic nitrogens is 2. The number of rotatable bonds is 3. The molecule has 0 aliphatic rings. The van der Waals surface area contributed by atoms with E-state index in [9.17, 15) is 4.79 Å². The minimum atomic E-state index is -0.179. The third kappa shape index (κ3) is 3.27. The minimum Gasteiger partial charge on any atom is -0.496 e. The van der Waals surface area contributed by atoms with E-state index in [0.717, 1.165) is 15.8 Å². The highest BCUT2D eigenvalue weighted by atomic mass is 79.9. The summed E-state index contributed by atoms with van der Waals surface area (Å²) in [5.41, 5.74) is 0.776. The molecule has 0 fully saturated rings. The quantitative estimate of drug-likeness (QED) is 0.715. The predicted octanol–water partition coefficient (Wildman–Crippen LogP) is 3.59. The van der Waals surface area contributed by atoms with Gasteiger partial charge in [-0.1, -0.05) is 6.07 Å². The molecule has 1 aromatic heterocycles. The van der Waals surface area contributed by atoms with Crippen molar-refractivity contribution in [1.29, 1.82) is 0 Å². The number of nitrogens with zero attached hydrogens (tertiary/aromatic N) is 2. The van der Waals surface area contributed by atoms with Gasteiger partial charge in [0.2, 0.25) is 0 Å². The Morgan fingerprint density at radius 2 is 2.00 bits per heavy atom. The summed E-state index contributed by atoms with van der Waals surface area (Å²) in [5.74, 6) is 0.751. The molecule has 0 bridgehead atoms. The van der Waals surface area contributed by atoms with Crippen molar-refractivity contribution in [2.24, 2.45) is 0 Å². The van der Waals surface area contributed by atoms with E-state index >= 15 is 0 Å². The van der Waals surface area contributed by atoms with Gasteiger partial charge in [0.25, 0.3) is 5.56 Å². The van der Waals surface area contributed by atoms with Crippen LogP contribution in [-0.2, 0) is 6.54 Å². The molecule has 0 atom stereocenters. The summed E-state index contributed by atoms with van der Waals surface area (Å²) < 4.78 is 8.51. The molecule has 100 valence electrons. The highest BCUT2D eigenvalue weighted by Crippen LogP contribution is 2.25. The van der Waals surface area contributed by atoms with Gasteiger partial charge in [-0.15, -0.1) is 0 Å². The summed E-state index contributed by atoms with van der Waals surface area (Å²) >= 11 is 9.90. The van der Waals surface area contributed by atoms with Gasteiger partial charge in [-0.05, 0) is 65.5 Å². The molecule has 0 spiro atoms. The Morgan fingerprint density at radius 3 is 2.63 bits per heavy atom. The molecule has 0 unspecified atom stereocenters. The normalized spacial score (nSPS) is 10.5. The molecule has 0 amide bonds. The number of ether oxygens (including phenoxy) is 1. The topological polar surface area (TPSA) is 44.1 Å². The number of halogens is 3. The van der Waals surface area contributed by atoms with Crippen LogP contribution in [0.5, 0.6) is 5.75 Å². The van der Waals surface area contributed by atoms with Crippen molar-refractivity contribution in [2.45, 2.75) is 6.54 Å². The number of hydrogen-bond donors (Lipinski definition) is 0. The van der Waals surface area contributed by atoms with Crippen molar-refractivity contribution in [1.82, 2.24) is 9.78 Å². The maximum absolute atomic E-state index is 12.0. The first kappa shape index (κ1) is 14.7. The van der Waals surface area contributed by atoms with E-state index in [1.165, 1.54) is 4.68 Å². The van der Waals surface area contributed by atoms with Gasteiger partial charge >= 0.3 is 0 Å². The average molecular weight is 453 g/mol. The van der Waals surface area contributed by atoms with Crippen LogP contribution in [0.4, 0.5) is 0 Å². The highest BCUT2D eigenvalue weighted by molar-refractivity contribution is 9.13. The van der Waals surface area contributed by atoms with E-state index in [-0.39, 0.29) is 5.56 Å². The number of methoxy groups -OCH3 is 1. The van der Waals surface area contributed by atoms with Gasteiger partial charge in [0.05, 0.1) is 28.8 Å². The van der Waals surface area contributed by atoms with Gasteiger partial charge in [0.15, 0.2) is 0 Å². The van der Waals surface area contributed by atoms with E-state index in [4.69, 9.17) is 4.74 Å². The third-order valence-electron chi connectivity index (χ3n) is 2.49. The lowest BCUT2D eigenvalue weighted by molar-refractivity contribution is 0.412. The highest BCUT2D eigenvalue weighted by Gasteiger charge is 2.08. The second-order valence-electron chi connectivity index (χ2n) is 3.74. The van der Waals surface area contributed by atoms with Crippen LogP contribution in [0, 0.1) is 0 Å². The second kappa shape index (κ2) is 6.19. The fourth-order valence-electron chi connectivity index (χ4n) is 1.54. The molecule has 7 heteroatoms. The first-order valence-electron chi connectivity index (χ1n) is 5.26. The fraction of sp³-hybridized carbons (Fsp3) is 0.167. The van der Waals surface area contributed by atoms with Gasteiger partial charge < -0.3 is 4.74 Å². The van der Waals surface area contributed by atoms with Crippen LogP contribution in [0.1, 0.15) is 5.56 Å². The average Bonchev–Trinajstić information content (AvgIpc) is 2.40. The molecule has 0 saturated carbocycles. The summed E-state index contributed by atoms with van der Waals surface area (Å²) in [4.78, 5) is 12.0. The molecule has 1 heterocycles. The summed E-state index contributed by atoms with van der Waals surface area (Å²) in [7, 11) is 1.61.